The highest BCUT2D eigenvalue weighted by atomic mass is 35.5. The molecule has 4 nitrogen and oxygen atoms in total. The van der Waals surface area contributed by atoms with E-state index >= 15 is 0 Å². The van der Waals surface area contributed by atoms with Crippen molar-refractivity contribution in [2.24, 2.45) is 0 Å². The summed E-state index contributed by atoms with van der Waals surface area (Å²) in [4.78, 5) is 12.2. The van der Waals surface area contributed by atoms with E-state index in [1.54, 1.807) is 18.2 Å². The van der Waals surface area contributed by atoms with Gasteiger partial charge < -0.3 is 14.8 Å². The van der Waals surface area contributed by atoms with Gasteiger partial charge in [-0.15, -0.1) is 0 Å². The van der Waals surface area contributed by atoms with Crippen molar-refractivity contribution >= 4 is 34.8 Å². The second kappa shape index (κ2) is 11.1. The third kappa shape index (κ3) is 6.96. The third-order valence-corrected chi connectivity index (χ3v) is 4.65. The Balaban J connectivity index is 1.94. The van der Waals surface area contributed by atoms with Gasteiger partial charge in [-0.2, -0.15) is 0 Å². The first kappa shape index (κ1) is 21.4. The molecule has 0 heterocycles. The summed E-state index contributed by atoms with van der Waals surface area (Å²) in [7, 11) is 0. The number of aryl methyl sites for hydroxylation is 1. The molecule has 0 aliphatic heterocycles. The lowest BCUT2D eigenvalue weighted by atomic mass is 10.1. The van der Waals surface area contributed by atoms with Crippen molar-refractivity contribution in [3.63, 3.8) is 0 Å². The SMILES string of the molecule is CCCCOc1ccc(CCC(=O)Nc2ccc(Cl)c(Cl)c2)cc1OCC. The van der Waals surface area contributed by atoms with Crippen LogP contribution in [0.25, 0.3) is 0 Å². The Labute approximate surface area is 170 Å². The molecular formula is C21H25Cl2NO3. The summed E-state index contributed by atoms with van der Waals surface area (Å²) in [6.07, 6.45) is 3.03. The van der Waals surface area contributed by atoms with E-state index in [0.717, 1.165) is 29.9 Å². The fraction of sp³-hybridized carbons (Fsp3) is 0.381. The van der Waals surface area contributed by atoms with E-state index in [0.29, 0.717) is 41.8 Å². The smallest absolute Gasteiger partial charge is 0.224 e. The molecule has 0 radical (unpaired) electrons. The fourth-order valence-corrected chi connectivity index (χ4v) is 2.78. The minimum absolute atomic E-state index is 0.0883. The van der Waals surface area contributed by atoms with Crippen molar-refractivity contribution in [2.45, 2.75) is 39.5 Å². The van der Waals surface area contributed by atoms with Gasteiger partial charge in [-0.1, -0.05) is 42.6 Å². The number of hydrogen-bond donors (Lipinski definition) is 1. The molecule has 0 aliphatic carbocycles. The molecule has 6 heteroatoms. The molecule has 0 fully saturated rings. The van der Waals surface area contributed by atoms with Gasteiger partial charge in [0.2, 0.25) is 5.91 Å². The van der Waals surface area contributed by atoms with Crippen LogP contribution in [0.15, 0.2) is 36.4 Å². The molecule has 0 atom stereocenters. The fourth-order valence-electron chi connectivity index (χ4n) is 2.48. The molecule has 27 heavy (non-hydrogen) atoms. The normalized spacial score (nSPS) is 10.5. The highest BCUT2D eigenvalue weighted by molar-refractivity contribution is 6.42. The van der Waals surface area contributed by atoms with Crippen LogP contribution in [0.3, 0.4) is 0 Å². The van der Waals surface area contributed by atoms with Crippen molar-refractivity contribution in [1.29, 1.82) is 0 Å². The Hall–Kier alpha value is -1.91. The summed E-state index contributed by atoms with van der Waals surface area (Å²) in [6, 6.07) is 10.8. The lowest BCUT2D eigenvalue weighted by Gasteiger charge is -2.13. The van der Waals surface area contributed by atoms with Crippen LogP contribution in [0.4, 0.5) is 5.69 Å². The highest BCUT2D eigenvalue weighted by Crippen LogP contribution is 2.29. The number of nitrogens with one attached hydrogen (secondary N) is 1. The lowest BCUT2D eigenvalue weighted by molar-refractivity contribution is -0.116. The third-order valence-electron chi connectivity index (χ3n) is 3.91. The molecular weight excluding hydrogens is 385 g/mol. The highest BCUT2D eigenvalue weighted by Gasteiger charge is 2.09. The molecule has 1 amide bonds. The van der Waals surface area contributed by atoms with E-state index in [4.69, 9.17) is 32.7 Å². The van der Waals surface area contributed by atoms with E-state index in [1.807, 2.05) is 25.1 Å². The van der Waals surface area contributed by atoms with Crippen LogP contribution in [0.2, 0.25) is 10.0 Å². The summed E-state index contributed by atoms with van der Waals surface area (Å²) in [6.45, 7) is 5.29. The van der Waals surface area contributed by atoms with Gasteiger partial charge in [0, 0.05) is 12.1 Å². The molecule has 0 bridgehead atoms. The zero-order valence-corrected chi connectivity index (χ0v) is 17.2. The number of carbonyl (C=O) groups is 1. The number of rotatable bonds is 10. The van der Waals surface area contributed by atoms with Gasteiger partial charge >= 0.3 is 0 Å². The van der Waals surface area contributed by atoms with E-state index in [2.05, 4.69) is 12.2 Å². The minimum atomic E-state index is -0.0883. The number of ether oxygens (including phenoxy) is 2. The van der Waals surface area contributed by atoms with Crippen LogP contribution in [-0.4, -0.2) is 19.1 Å². The summed E-state index contributed by atoms with van der Waals surface area (Å²) >= 11 is 11.9. The zero-order valence-electron chi connectivity index (χ0n) is 15.7. The van der Waals surface area contributed by atoms with Crippen LogP contribution in [-0.2, 0) is 11.2 Å². The topological polar surface area (TPSA) is 47.6 Å². The Kier molecular flexibility index (Phi) is 8.76. The van der Waals surface area contributed by atoms with E-state index in [9.17, 15) is 4.79 Å². The Morgan fingerprint density at radius 3 is 2.52 bits per heavy atom. The van der Waals surface area contributed by atoms with Gasteiger partial charge in [0.1, 0.15) is 0 Å². The van der Waals surface area contributed by atoms with Crippen molar-refractivity contribution < 1.29 is 14.3 Å². The Morgan fingerprint density at radius 1 is 1.00 bits per heavy atom. The van der Waals surface area contributed by atoms with Crippen LogP contribution >= 0.6 is 23.2 Å². The van der Waals surface area contributed by atoms with Crippen molar-refractivity contribution in [2.75, 3.05) is 18.5 Å². The number of carbonyl (C=O) groups excluding carboxylic acids is 1. The second-order valence-corrected chi connectivity index (χ2v) is 6.91. The quantitative estimate of drug-likeness (QED) is 0.479. The first-order chi connectivity index (χ1) is 13.0. The van der Waals surface area contributed by atoms with Gasteiger partial charge in [0.15, 0.2) is 11.5 Å². The molecule has 0 saturated heterocycles. The molecule has 0 saturated carbocycles. The second-order valence-electron chi connectivity index (χ2n) is 6.09. The van der Waals surface area contributed by atoms with Crippen molar-refractivity contribution in [1.82, 2.24) is 0 Å². The number of benzene rings is 2. The minimum Gasteiger partial charge on any atom is -0.490 e. The maximum atomic E-state index is 12.2. The summed E-state index contributed by atoms with van der Waals surface area (Å²) in [5.41, 5.74) is 1.65. The average Bonchev–Trinajstić information content (AvgIpc) is 2.65. The van der Waals surface area contributed by atoms with E-state index in [1.165, 1.54) is 0 Å². The number of halogens is 2. The predicted molar refractivity (Wildman–Crippen MR) is 111 cm³/mol. The monoisotopic (exact) mass is 409 g/mol. The summed E-state index contributed by atoms with van der Waals surface area (Å²) in [5, 5.41) is 3.70. The van der Waals surface area contributed by atoms with Gasteiger partial charge in [-0.3, -0.25) is 4.79 Å². The van der Waals surface area contributed by atoms with Crippen LogP contribution in [0, 0.1) is 0 Å². The van der Waals surface area contributed by atoms with Gasteiger partial charge in [-0.25, -0.2) is 0 Å². The Bertz CT molecular complexity index is 765. The first-order valence-electron chi connectivity index (χ1n) is 9.17. The summed E-state index contributed by atoms with van der Waals surface area (Å²) in [5.74, 6) is 1.37. The molecule has 2 aromatic rings. The van der Waals surface area contributed by atoms with Crippen LogP contribution in [0.1, 0.15) is 38.7 Å². The largest absolute Gasteiger partial charge is 0.490 e. The van der Waals surface area contributed by atoms with Gasteiger partial charge in [0.25, 0.3) is 0 Å². The molecule has 0 spiro atoms. The molecule has 0 unspecified atom stereocenters. The molecule has 0 aromatic heterocycles. The van der Waals surface area contributed by atoms with Crippen LogP contribution < -0.4 is 14.8 Å². The Morgan fingerprint density at radius 2 is 1.81 bits per heavy atom. The number of anilines is 1. The van der Waals surface area contributed by atoms with Crippen LogP contribution in [0.5, 0.6) is 11.5 Å². The maximum absolute atomic E-state index is 12.2. The molecule has 2 aromatic carbocycles. The molecule has 0 aliphatic rings. The van der Waals surface area contributed by atoms with Crippen molar-refractivity contribution in [3.8, 4) is 11.5 Å². The number of unbranched alkanes of at least 4 members (excludes halogenated alkanes) is 1. The molecule has 2 rings (SSSR count). The lowest BCUT2D eigenvalue weighted by Crippen LogP contribution is -2.12. The number of hydrogen-bond acceptors (Lipinski definition) is 3. The molecule has 1 N–H and O–H groups in total. The standard InChI is InChI=1S/C21H25Cl2NO3/c1-3-5-12-27-19-10-6-15(13-20(19)26-4-2)7-11-21(25)24-16-8-9-17(22)18(23)14-16/h6,8-10,13-14H,3-5,7,11-12H2,1-2H3,(H,24,25). The van der Waals surface area contributed by atoms with E-state index < -0.39 is 0 Å². The van der Waals surface area contributed by atoms with Gasteiger partial charge in [-0.05, 0) is 55.7 Å². The van der Waals surface area contributed by atoms with Gasteiger partial charge in [0.05, 0.1) is 23.3 Å². The number of amides is 1. The molecule has 146 valence electrons. The zero-order chi connectivity index (χ0) is 19.6. The first-order valence-corrected chi connectivity index (χ1v) is 9.92. The van der Waals surface area contributed by atoms with E-state index in [-0.39, 0.29) is 5.91 Å². The van der Waals surface area contributed by atoms with Crippen molar-refractivity contribution in [3.05, 3.63) is 52.0 Å². The predicted octanol–water partition coefficient (Wildman–Crippen LogP) is 6.14. The maximum Gasteiger partial charge on any atom is 0.224 e. The average molecular weight is 410 g/mol. The summed E-state index contributed by atoms with van der Waals surface area (Å²) < 4.78 is 11.5.